The molecule has 0 atom stereocenters. The highest BCUT2D eigenvalue weighted by molar-refractivity contribution is 7.74. The largest absolute Gasteiger partial charge is 0.350 e. The van der Waals surface area contributed by atoms with Crippen LogP contribution in [0.3, 0.4) is 0 Å². The zero-order valence-electron chi connectivity index (χ0n) is 16.3. The summed E-state index contributed by atoms with van der Waals surface area (Å²) in [6.07, 6.45) is 2.92. The van der Waals surface area contributed by atoms with Crippen LogP contribution >= 0.6 is 12.8 Å². The molecule has 0 fully saturated rings. The van der Waals surface area contributed by atoms with Crippen molar-refractivity contribution in [2.24, 2.45) is 0 Å². The van der Waals surface area contributed by atoms with Crippen LogP contribution in [0.2, 0.25) is 0 Å². The number of aromatic amines is 2. The van der Waals surface area contributed by atoms with Crippen LogP contribution in [0.25, 0.3) is 0 Å². The van der Waals surface area contributed by atoms with Gasteiger partial charge in [0.2, 0.25) is 0 Å². The number of carbonyl (C=O) groups is 2. The molecule has 10 nitrogen and oxygen atoms in total. The number of hydrogen-bond donors (Lipinski definition) is 5. The Bertz CT molecular complexity index is 894. The minimum Gasteiger partial charge on any atom is -0.350 e. The van der Waals surface area contributed by atoms with Gasteiger partial charge in [0.05, 0.1) is 40.0 Å². The number of carbonyl (C=O) groups excluding carboxylic acids is 2. The molecule has 2 aromatic heterocycles. The SMILES string of the molecule is C[N+](C)(S)N(CCNC(=O)c1ccc[nH]c1=O)CCNC(=O)c1ccc[nH]c1=O. The van der Waals surface area contributed by atoms with Gasteiger partial charge in [0.1, 0.15) is 11.1 Å². The van der Waals surface area contributed by atoms with E-state index in [0.29, 0.717) is 13.1 Å². The molecule has 11 heteroatoms. The van der Waals surface area contributed by atoms with Crippen molar-refractivity contribution in [2.75, 3.05) is 40.3 Å². The number of aromatic nitrogens is 2. The van der Waals surface area contributed by atoms with Crippen LogP contribution < -0.4 is 21.8 Å². The highest BCUT2D eigenvalue weighted by atomic mass is 32.1. The molecule has 2 heterocycles. The summed E-state index contributed by atoms with van der Waals surface area (Å²) >= 11 is 4.50. The Labute approximate surface area is 173 Å². The molecular formula is C18H25N6O4S+. The summed E-state index contributed by atoms with van der Waals surface area (Å²) in [6, 6.07) is 6.06. The molecule has 2 aromatic rings. The highest BCUT2D eigenvalue weighted by Crippen LogP contribution is 2.08. The molecule has 0 radical (unpaired) electrons. The van der Waals surface area contributed by atoms with Gasteiger partial charge in [-0.3, -0.25) is 19.2 Å². The topological polar surface area (TPSA) is 127 Å². The quantitative estimate of drug-likeness (QED) is 0.209. The maximum atomic E-state index is 12.1. The number of H-pyrrole nitrogens is 2. The van der Waals surface area contributed by atoms with Crippen LogP contribution in [-0.4, -0.2) is 71.1 Å². The summed E-state index contributed by atoms with van der Waals surface area (Å²) < 4.78 is 0.170. The van der Waals surface area contributed by atoms with Gasteiger partial charge in [0, 0.05) is 25.5 Å². The number of amides is 2. The summed E-state index contributed by atoms with van der Waals surface area (Å²) in [4.78, 5) is 52.5. The summed E-state index contributed by atoms with van der Waals surface area (Å²) in [5.41, 5.74) is -0.824. The molecule has 2 amide bonds. The van der Waals surface area contributed by atoms with Crippen LogP contribution in [0, 0.1) is 0 Å². The van der Waals surface area contributed by atoms with Gasteiger partial charge in [-0.15, -0.1) is 5.01 Å². The lowest BCUT2D eigenvalue weighted by Gasteiger charge is -2.34. The minimum absolute atomic E-state index is 0.0408. The minimum atomic E-state index is -0.465. The van der Waals surface area contributed by atoms with Crippen molar-refractivity contribution < 1.29 is 13.6 Å². The monoisotopic (exact) mass is 421 g/mol. The smallest absolute Gasteiger partial charge is 0.260 e. The molecule has 0 saturated heterocycles. The van der Waals surface area contributed by atoms with E-state index in [2.05, 4.69) is 33.4 Å². The van der Waals surface area contributed by atoms with Gasteiger partial charge in [-0.05, 0) is 24.3 Å². The number of nitrogens with one attached hydrogen (secondary N) is 4. The first-order chi connectivity index (χ1) is 13.7. The number of hydrogen-bond acceptors (Lipinski definition) is 6. The average molecular weight is 422 g/mol. The Morgan fingerprint density at radius 3 is 1.69 bits per heavy atom. The molecule has 0 bridgehead atoms. The average Bonchev–Trinajstić information content (AvgIpc) is 2.66. The summed E-state index contributed by atoms with van der Waals surface area (Å²) in [5, 5.41) is 7.29. The molecule has 0 saturated carbocycles. The van der Waals surface area contributed by atoms with Gasteiger partial charge < -0.3 is 20.6 Å². The number of quaternary nitrogens is 1. The van der Waals surface area contributed by atoms with E-state index in [1.807, 2.05) is 19.1 Å². The van der Waals surface area contributed by atoms with Gasteiger partial charge in [-0.2, -0.15) is 4.00 Å². The standard InChI is InChI=1S/C18H24N6O4S/c1-24(2,29)23(11-9-21-17(27)13-5-3-7-19-15(13)25)12-10-22-18(28)14-6-4-8-20-16(14)26/h3-8,29H,9-12H2,1-2H3,(H3-,19,20,21,22,25,26,27,28)/p+1. The molecule has 0 unspecified atom stereocenters. The summed E-state index contributed by atoms with van der Waals surface area (Å²) in [7, 11) is 3.66. The van der Waals surface area contributed by atoms with Gasteiger partial charge in [-0.25, -0.2) is 0 Å². The van der Waals surface area contributed by atoms with Crippen molar-refractivity contribution in [3.8, 4) is 0 Å². The molecule has 0 spiro atoms. The second kappa shape index (κ2) is 10.0. The molecule has 4 N–H and O–H groups in total. The molecule has 29 heavy (non-hydrogen) atoms. The maximum absolute atomic E-state index is 12.1. The fourth-order valence-corrected chi connectivity index (χ4v) is 2.77. The third-order valence-electron chi connectivity index (χ3n) is 4.13. The Morgan fingerprint density at radius 1 is 0.931 bits per heavy atom. The molecule has 156 valence electrons. The first-order valence-electron chi connectivity index (χ1n) is 8.94. The third kappa shape index (κ3) is 6.59. The zero-order valence-corrected chi connectivity index (χ0v) is 17.2. The molecule has 0 aliphatic heterocycles. The molecular weight excluding hydrogens is 396 g/mol. The van der Waals surface area contributed by atoms with E-state index in [1.54, 1.807) is 12.1 Å². The van der Waals surface area contributed by atoms with E-state index < -0.39 is 22.9 Å². The van der Waals surface area contributed by atoms with Gasteiger partial charge in [0.25, 0.3) is 22.9 Å². The second-order valence-electron chi connectivity index (χ2n) is 6.63. The van der Waals surface area contributed by atoms with Gasteiger partial charge >= 0.3 is 0 Å². The van der Waals surface area contributed by atoms with Crippen LogP contribution in [0.4, 0.5) is 0 Å². The molecule has 2 rings (SSSR count). The van der Waals surface area contributed by atoms with E-state index >= 15 is 0 Å². The normalized spacial score (nSPS) is 11.3. The first-order valence-corrected chi connectivity index (χ1v) is 9.34. The zero-order chi connectivity index (χ0) is 21.4. The Balaban J connectivity index is 1.87. The highest BCUT2D eigenvalue weighted by Gasteiger charge is 2.23. The van der Waals surface area contributed by atoms with Gasteiger partial charge in [-0.1, -0.05) is 0 Å². The fraction of sp³-hybridized carbons (Fsp3) is 0.333. The summed E-state index contributed by atoms with van der Waals surface area (Å²) in [6.45, 7) is 1.41. The van der Waals surface area contributed by atoms with Crippen LogP contribution in [0.1, 0.15) is 20.7 Å². The number of nitrogens with zero attached hydrogens (tertiary/aromatic N) is 2. The second-order valence-corrected chi connectivity index (χ2v) is 7.61. The lowest BCUT2D eigenvalue weighted by atomic mass is 10.2. The molecule has 0 aliphatic rings. The van der Waals surface area contributed by atoms with Crippen LogP contribution in [-0.2, 0) is 0 Å². The molecule has 0 aliphatic carbocycles. The van der Waals surface area contributed by atoms with Crippen molar-refractivity contribution >= 4 is 24.6 Å². The Morgan fingerprint density at radius 2 is 1.34 bits per heavy atom. The Hall–Kier alpha value is -2.89. The van der Waals surface area contributed by atoms with Crippen molar-refractivity contribution in [1.82, 2.24) is 25.6 Å². The molecule has 0 aromatic carbocycles. The van der Waals surface area contributed by atoms with Crippen molar-refractivity contribution in [1.29, 1.82) is 0 Å². The van der Waals surface area contributed by atoms with Gasteiger partial charge in [0.15, 0.2) is 0 Å². The van der Waals surface area contributed by atoms with Crippen molar-refractivity contribution in [3.05, 3.63) is 68.5 Å². The first kappa shape index (κ1) is 22.4. The predicted octanol–water partition coefficient (Wildman–Crippen LogP) is -0.639. The predicted molar refractivity (Wildman–Crippen MR) is 111 cm³/mol. The summed E-state index contributed by atoms with van der Waals surface area (Å²) in [5.74, 6) is -0.930. The van der Waals surface area contributed by atoms with E-state index in [4.69, 9.17) is 0 Å². The van der Waals surface area contributed by atoms with E-state index in [9.17, 15) is 19.2 Å². The number of pyridine rings is 2. The van der Waals surface area contributed by atoms with E-state index in [-0.39, 0.29) is 28.2 Å². The van der Waals surface area contributed by atoms with Crippen molar-refractivity contribution in [3.63, 3.8) is 0 Å². The third-order valence-corrected chi connectivity index (χ3v) is 4.38. The fourth-order valence-electron chi connectivity index (χ4n) is 2.59. The Kier molecular flexibility index (Phi) is 7.76. The number of thiol groups is 1. The lowest BCUT2D eigenvalue weighted by Crippen LogP contribution is -2.53. The van der Waals surface area contributed by atoms with E-state index in [0.717, 1.165) is 0 Å². The number of rotatable bonds is 9. The van der Waals surface area contributed by atoms with Crippen molar-refractivity contribution in [2.45, 2.75) is 0 Å². The van der Waals surface area contributed by atoms with E-state index in [1.165, 1.54) is 24.5 Å². The van der Waals surface area contributed by atoms with Crippen LogP contribution in [0.5, 0.6) is 0 Å². The maximum Gasteiger partial charge on any atom is 0.260 e. The van der Waals surface area contributed by atoms with Crippen LogP contribution in [0.15, 0.2) is 46.2 Å². The lowest BCUT2D eigenvalue weighted by molar-refractivity contribution is -0.879.